The summed E-state index contributed by atoms with van der Waals surface area (Å²) in [4.78, 5) is 14.8. The summed E-state index contributed by atoms with van der Waals surface area (Å²) in [5, 5.41) is 4.45. The highest BCUT2D eigenvalue weighted by Gasteiger charge is 2.33. The van der Waals surface area contributed by atoms with E-state index in [-0.39, 0.29) is 6.04 Å². The molecule has 0 amide bonds. The molecule has 136 valence electrons. The van der Waals surface area contributed by atoms with Crippen molar-refractivity contribution in [2.24, 2.45) is 7.05 Å². The van der Waals surface area contributed by atoms with Crippen molar-refractivity contribution < 1.29 is 4.74 Å². The number of pyridine rings is 1. The first-order valence-electron chi connectivity index (χ1n) is 8.99. The van der Waals surface area contributed by atoms with Gasteiger partial charge in [-0.3, -0.25) is 9.58 Å². The van der Waals surface area contributed by atoms with Crippen LogP contribution in [0.2, 0.25) is 0 Å². The summed E-state index contributed by atoms with van der Waals surface area (Å²) in [5.74, 6) is 0.670. The maximum absolute atomic E-state index is 5.45. The van der Waals surface area contributed by atoms with Gasteiger partial charge in [0.25, 0.3) is 0 Å². The molecule has 4 rings (SSSR count). The standard InChI is InChI=1S/C19H24N6O/c1-4-26-17-6-5-14(9-20-17)11-25-8-7-16-18(22-12-21-16)19(25)15-10-23-24(3)13(15)2/h5-6,9-10,12,19H,4,7-8,11H2,1-3H3,(H,21,22)/t19-/m1/s1. The van der Waals surface area contributed by atoms with Gasteiger partial charge in [-0.25, -0.2) is 9.97 Å². The molecule has 0 radical (unpaired) electrons. The fourth-order valence-electron chi connectivity index (χ4n) is 3.60. The van der Waals surface area contributed by atoms with Crippen LogP contribution < -0.4 is 4.74 Å². The summed E-state index contributed by atoms with van der Waals surface area (Å²) < 4.78 is 7.37. The molecule has 0 bridgehead atoms. The highest BCUT2D eigenvalue weighted by Crippen LogP contribution is 2.35. The first-order chi connectivity index (χ1) is 12.7. The van der Waals surface area contributed by atoms with Crippen molar-refractivity contribution in [3.8, 4) is 5.88 Å². The van der Waals surface area contributed by atoms with Gasteiger partial charge in [0.15, 0.2) is 0 Å². The zero-order valence-corrected chi connectivity index (χ0v) is 15.4. The van der Waals surface area contributed by atoms with E-state index in [1.54, 1.807) is 6.33 Å². The number of aromatic nitrogens is 5. The van der Waals surface area contributed by atoms with Crippen LogP contribution in [0.25, 0.3) is 0 Å². The van der Waals surface area contributed by atoms with Crippen molar-refractivity contribution in [3.05, 3.63) is 59.1 Å². The molecule has 3 aromatic rings. The van der Waals surface area contributed by atoms with Crippen LogP contribution >= 0.6 is 0 Å². The first kappa shape index (κ1) is 16.8. The Kier molecular flexibility index (Phi) is 4.46. The predicted molar refractivity (Wildman–Crippen MR) is 97.9 cm³/mol. The molecule has 0 aliphatic carbocycles. The molecule has 1 aliphatic rings. The Morgan fingerprint density at radius 2 is 2.15 bits per heavy atom. The molecule has 7 nitrogen and oxygen atoms in total. The lowest BCUT2D eigenvalue weighted by Crippen LogP contribution is -2.36. The molecule has 3 aromatic heterocycles. The highest BCUT2D eigenvalue weighted by atomic mass is 16.5. The van der Waals surface area contributed by atoms with Gasteiger partial charge in [0.2, 0.25) is 5.88 Å². The van der Waals surface area contributed by atoms with Gasteiger partial charge in [-0.05, 0) is 19.4 Å². The van der Waals surface area contributed by atoms with Crippen LogP contribution in [-0.2, 0) is 20.0 Å². The van der Waals surface area contributed by atoms with Crippen LogP contribution in [0, 0.1) is 6.92 Å². The monoisotopic (exact) mass is 352 g/mol. The minimum Gasteiger partial charge on any atom is -0.478 e. The Morgan fingerprint density at radius 3 is 2.85 bits per heavy atom. The fourth-order valence-corrected chi connectivity index (χ4v) is 3.60. The molecule has 0 unspecified atom stereocenters. The molecular formula is C19H24N6O. The van der Waals surface area contributed by atoms with Gasteiger partial charge in [-0.15, -0.1) is 0 Å². The van der Waals surface area contributed by atoms with E-state index in [2.05, 4.69) is 37.9 Å². The summed E-state index contributed by atoms with van der Waals surface area (Å²) in [6.45, 7) is 6.47. The minimum atomic E-state index is 0.102. The van der Waals surface area contributed by atoms with Crippen LogP contribution in [0.1, 0.15) is 41.2 Å². The Morgan fingerprint density at radius 1 is 1.27 bits per heavy atom. The van der Waals surface area contributed by atoms with Crippen molar-refractivity contribution >= 4 is 0 Å². The van der Waals surface area contributed by atoms with E-state index < -0.39 is 0 Å². The number of fused-ring (bicyclic) bond motifs is 1. The third-order valence-corrected chi connectivity index (χ3v) is 5.07. The van der Waals surface area contributed by atoms with Gasteiger partial charge in [0, 0.05) is 55.8 Å². The lowest BCUT2D eigenvalue weighted by atomic mass is 9.95. The molecule has 0 spiro atoms. The van der Waals surface area contributed by atoms with E-state index in [1.165, 1.54) is 22.5 Å². The van der Waals surface area contributed by atoms with Gasteiger partial charge >= 0.3 is 0 Å². The summed E-state index contributed by atoms with van der Waals surface area (Å²) in [5.41, 5.74) is 5.87. The smallest absolute Gasteiger partial charge is 0.213 e. The largest absolute Gasteiger partial charge is 0.478 e. The lowest BCUT2D eigenvalue weighted by Gasteiger charge is -2.35. The van der Waals surface area contributed by atoms with Crippen LogP contribution in [-0.4, -0.2) is 42.8 Å². The summed E-state index contributed by atoms with van der Waals surface area (Å²) in [6.07, 6.45) is 6.63. The molecule has 1 atom stereocenters. The van der Waals surface area contributed by atoms with Gasteiger partial charge in [-0.2, -0.15) is 5.10 Å². The van der Waals surface area contributed by atoms with Gasteiger partial charge in [0.1, 0.15) is 0 Å². The number of H-pyrrole nitrogens is 1. The summed E-state index contributed by atoms with van der Waals surface area (Å²) in [7, 11) is 1.98. The number of imidazole rings is 1. The molecule has 26 heavy (non-hydrogen) atoms. The topological polar surface area (TPSA) is 71.9 Å². The number of nitrogens with zero attached hydrogens (tertiary/aromatic N) is 5. The van der Waals surface area contributed by atoms with Crippen LogP contribution in [0.5, 0.6) is 5.88 Å². The van der Waals surface area contributed by atoms with E-state index in [1.807, 2.05) is 37.1 Å². The zero-order chi connectivity index (χ0) is 18.1. The quantitative estimate of drug-likeness (QED) is 0.763. The first-order valence-corrected chi connectivity index (χ1v) is 8.99. The molecule has 0 aromatic carbocycles. The number of aryl methyl sites for hydroxylation is 1. The number of aromatic amines is 1. The van der Waals surface area contributed by atoms with Crippen molar-refractivity contribution in [1.29, 1.82) is 0 Å². The average molecular weight is 352 g/mol. The molecule has 0 saturated heterocycles. The fraction of sp³-hybridized carbons (Fsp3) is 0.421. The van der Waals surface area contributed by atoms with Crippen molar-refractivity contribution in [2.75, 3.05) is 13.2 Å². The van der Waals surface area contributed by atoms with Crippen molar-refractivity contribution in [1.82, 2.24) is 29.6 Å². The van der Waals surface area contributed by atoms with Gasteiger partial charge in [0.05, 0.1) is 30.9 Å². The second-order valence-electron chi connectivity index (χ2n) is 6.64. The Hall–Kier alpha value is -2.67. The Bertz CT molecular complexity index is 882. The minimum absolute atomic E-state index is 0.102. The van der Waals surface area contributed by atoms with Crippen LogP contribution in [0.3, 0.4) is 0 Å². The van der Waals surface area contributed by atoms with Crippen molar-refractivity contribution in [3.63, 3.8) is 0 Å². The molecular weight excluding hydrogens is 328 g/mol. The van der Waals surface area contributed by atoms with E-state index in [0.29, 0.717) is 12.5 Å². The molecule has 7 heteroatoms. The second-order valence-corrected chi connectivity index (χ2v) is 6.64. The number of hydrogen-bond acceptors (Lipinski definition) is 5. The average Bonchev–Trinajstić information content (AvgIpc) is 3.25. The molecule has 1 aliphatic heterocycles. The Balaban J connectivity index is 1.65. The Labute approximate surface area is 153 Å². The number of nitrogens with one attached hydrogen (secondary N) is 1. The molecule has 4 heterocycles. The summed E-state index contributed by atoms with van der Waals surface area (Å²) >= 11 is 0. The predicted octanol–water partition coefficient (Wildman–Crippen LogP) is 2.39. The normalized spacial score (nSPS) is 17.3. The number of ether oxygens (including phenoxy) is 1. The molecule has 0 fully saturated rings. The van der Waals surface area contributed by atoms with Crippen molar-refractivity contribution in [2.45, 2.75) is 32.9 Å². The third kappa shape index (κ3) is 2.99. The number of rotatable bonds is 5. The maximum atomic E-state index is 5.45. The van der Waals surface area contributed by atoms with E-state index in [9.17, 15) is 0 Å². The highest BCUT2D eigenvalue weighted by molar-refractivity contribution is 5.34. The van der Waals surface area contributed by atoms with Crippen LogP contribution in [0.15, 0.2) is 30.9 Å². The van der Waals surface area contributed by atoms with Gasteiger partial charge in [-0.1, -0.05) is 6.07 Å². The lowest BCUT2D eigenvalue weighted by molar-refractivity contribution is 0.199. The molecule has 0 saturated carbocycles. The number of hydrogen-bond donors (Lipinski definition) is 1. The second kappa shape index (κ2) is 6.92. The summed E-state index contributed by atoms with van der Waals surface area (Å²) in [6, 6.07) is 4.13. The SMILES string of the molecule is CCOc1ccc(CN2CCc3[nH]cnc3[C@H]2c2cnn(C)c2C)cn1. The maximum Gasteiger partial charge on any atom is 0.213 e. The van der Waals surface area contributed by atoms with E-state index in [4.69, 9.17) is 4.74 Å². The van der Waals surface area contributed by atoms with E-state index >= 15 is 0 Å². The zero-order valence-electron chi connectivity index (χ0n) is 15.4. The molecule has 1 N–H and O–H groups in total. The third-order valence-electron chi connectivity index (χ3n) is 5.07. The van der Waals surface area contributed by atoms with E-state index in [0.717, 1.165) is 25.2 Å². The van der Waals surface area contributed by atoms with Crippen LogP contribution in [0.4, 0.5) is 0 Å². The van der Waals surface area contributed by atoms with Gasteiger partial charge < -0.3 is 9.72 Å².